The van der Waals surface area contributed by atoms with E-state index in [0.717, 1.165) is 67.1 Å². The maximum Gasteiger partial charge on any atom is 0.155 e. The van der Waals surface area contributed by atoms with Crippen LogP contribution in [-0.4, -0.2) is 39.8 Å². The Kier molecular flexibility index (Phi) is 4.80. The number of benzene rings is 1. The Morgan fingerprint density at radius 2 is 1.88 bits per heavy atom. The zero-order valence-corrected chi connectivity index (χ0v) is 19.6. The van der Waals surface area contributed by atoms with Crippen LogP contribution in [0.4, 0.5) is 5.82 Å². The minimum absolute atomic E-state index is 0.340. The number of anilines is 1. The van der Waals surface area contributed by atoms with Crippen molar-refractivity contribution in [3.63, 3.8) is 0 Å². The van der Waals surface area contributed by atoms with Gasteiger partial charge in [0.1, 0.15) is 11.3 Å². The van der Waals surface area contributed by atoms with Gasteiger partial charge in [0.25, 0.3) is 0 Å². The van der Waals surface area contributed by atoms with Gasteiger partial charge in [-0.25, -0.2) is 9.50 Å². The van der Waals surface area contributed by atoms with Crippen molar-refractivity contribution in [2.24, 2.45) is 5.41 Å². The van der Waals surface area contributed by atoms with Gasteiger partial charge >= 0.3 is 0 Å². The molecule has 6 nitrogen and oxygen atoms in total. The molecule has 0 N–H and O–H groups in total. The molecule has 33 heavy (non-hydrogen) atoms. The molecule has 1 aromatic carbocycles. The van der Waals surface area contributed by atoms with Gasteiger partial charge in [0.15, 0.2) is 5.82 Å². The van der Waals surface area contributed by atoms with Crippen molar-refractivity contribution in [2.75, 3.05) is 25.1 Å². The van der Waals surface area contributed by atoms with Gasteiger partial charge < -0.3 is 9.64 Å². The molecule has 168 valence electrons. The Balaban J connectivity index is 1.33. The third kappa shape index (κ3) is 3.27. The molecule has 1 saturated heterocycles. The van der Waals surface area contributed by atoms with Gasteiger partial charge in [-0.3, -0.25) is 4.98 Å². The molecule has 1 aliphatic carbocycles. The van der Waals surface area contributed by atoms with E-state index in [1.165, 1.54) is 11.3 Å². The summed E-state index contributed by atoms with van der Waals surface area (Å²) in [5, 5.41) is 5.22. The molecule has 0 atom stereocenters. The zero-order chi connectivity index (χ0) is 22.6. The van der Waals surface area contributed by atoms with Gasteiger partial charge in [0, 0.05) is 30.5 Å². The summed E-state index contributed by atoms with van der Waals surface area (Å²) >= 11 is 6.67. The van der Waals surface area contributed by atoms with Crippen molar-refractivity contribution in [1.29, 1.82) is 0 Å². The number of ether oxygens (including phenoxy) is 1. The van der Waals surface area contributed by atoms with Crippen LogP contribution in [0.15, 0.2) is 48.8 Å². The van der Waals surface area contributed by atoms with Crippen LogP contribution in [-0.2, 0) is 12.8 Å². The molecule has 1 fully saturated rings. The largest absolute Gasteiger partial charge is 0.495 e. The van der Waals surface area contributed by atoms with Crippen LogP contribution in [0.2, 0.25) is 5.02 Å². The number of halogens is 1. The van der Waals surface area contributed by atoms with E-state index < -0.39 is 0 Å². The summed E-state index contributed by atoms with van der Waals surface area (Å²) in [7, 11) is 1.63. The first kappa shape index (κ1) is 20.5. The molecule has 2 aliphatic rings. The molecular formula is C26H26ClN5O. The Morgan fingerprint density at radius 1 is 1.03 bits per heavy atom. The van der Waals surface area contributed by atoms with Crippen LogP contribution in [0.3, 0.4) is 0 Å². The molecule has 6 rings (SSSR count). The minimum Gasteiger partial charge on any atom is -0.495 e. The highest BCUT2D eigenvalue weighted by atomic mass is 35.5. The highest BCUT2D eigenvalue weighted by Gasteiger charge is 2.41. The molecule has 4 heterocycles. The third-order valence-corrected chi connectivity index (χ3v) is 7.74. The van der Waals surface area contributed by atoms with Crippen molar-refractivity contribution >= 4 is 22.9 Å². The molecule has 0 radical (unpaired) electrons. The number of aryl methyl sites for hydroxylation is 1. The van der Waals surface area contributed by atoms with Crippen LogP contribution in [0.25, 0.3) is 16.8 Å². The van der Waals surface area contributed by atoms with Crippen molar-refractivity contribution in [1.82, 2.24) is 19.6 Å². The number of nitrogens with zero attached hydrogens (tertiary/aromatic N) is 5. The number of pyridine rings is 1. The van der Waals surface area contributed by atoms with Gasteiger partial charge in [0.2, 0.25) is 0 Å². The van der Waals surface area contributed by atoms with Crippen molar-refractivity contribution in [3.05, 3.63) is 70.8 Å². The van der Waals surface area contributed by atoms with Gasteiger partial charge in [0.05, 0.1) is 29.7 Å². The monoisotopic (exact) mass is 459 g/mol. The number of aromatic nitrogens is 4. The van der Waals surface area contributed by atoms with Crippen LogP contribution in [0, 0.1) is 12.3 Å². The van der Waals surface area contributed by atoms with Crippen molar-refractivity contribution < 1.29 is 4.74 Å². The lowest BCUT2D eigenvalue weighted by atomic mass is 9.76. The Bertz CT molecular complexity index is 1330. The molecule has 1 spiro atoms. The smallest absolute Gasteiger partial charge is 0.155 e. The van der Waals surface area contributed by atoms with E-state index in [0.29, 0.717) is 16.2 Å². The maximum absolute atomic E-state index is 6.67. The Labute approximate surface area is 198 Å². The van der Waals surface area contributed by atoms with E-state index in [1.54, 1.807) is 7.11 Å². The average molecular weight is 460 g/mol. The van der Waals surface area contributed by atoms with Gasteiger partial charge in [-0.2, -0.15) is 5.10 Å². The van der Waals surface area contributed by atoms with Crippen molar-refractivity contribution in [3.8, 4) is 17.0 Å². The van der Waals surface area contributed by atoms with Crippen LogP contribution in [0.5, 0.6) is 5.75 Å². The number of fused-ring (bicyclic) bond motifs is 2. The fraction of sp³-hybridized carbons (Fsp3) is 0.346. The van der Waals surface area contributed by atoms with Gasteiger partial charge in [-0.1, -0.05) is 29.8 Å². The summed E-state index contributed by atoms with van der Waals surface area (Å²) < 4.78 is 7.40. The summed E-state index contributed by atoms with van der Waals surface area (Å²) in [5.74, 6) is 1.64. The quantitative estimate of drug-likeness (QED) is 0.424. The number of hydrogen-bond donors (Lipinski definition) is 0. The molecule has 4 aromatic rings. The maximum atomic E-state index is 6.67. The summed E-state index contributed by atoms with van der Waals surface area (Å²) in [6.45, 7) is 4.00. The second-order valence-corrected chi connectivity index (χ2v) is 9.65. The van der Waals surface area contributed by atoms with Crippen LogP contribution >= 0.6 is 11.6 Å². The van der Waals surface area contributed by atoms with Crippen LogP contribution in [0.1, 0.15) is 29.8 Å². The van der Waals surface area contributed by atoms with E-state index in [2.05, 4.69) is 27.1 Å². The van der Waals surface area contributed by atoms with Gasteiger partial charge in [-0.15, -0.1) is 0 Å². The van der Waals surface area contributed by atoms with Crippen LogP contribution < -0.4 is 9.64 Å². The topological polar surface area (TPSA) is 55.5 Å². The Hall–Kier alpha value is -3.12. The molecule has 0 unspecified atom stereocenters. The molecule has 7 heteroatoms. The molecular weight excluding hydrogens is 434 g/mol. The summed E-state index contributed by atoms with van der Waals surface area (Å²) in [6.07, 6.45) is 8.29. The number of piperidine rings is 1. The van der Waals surface area contributed by atoms with E-state index in [4.69, 9.17) is 21.3 Å². The molecule has 3 aromatic heterocycles. The summed E-state index contributed by atoms with van der Waals surface area (Å²) in [6, 6.07) is 12.1. The van der Waals surface area contributed by atoms with E-state index >= 15 is 0 Å². The second kappa shape index (κ2) is 7.73. The Morgan fingerprint density at radius 3 is 2.67 bits per heavy atom. The first-order valence-electron chi connectivity index (χ1n) is 11.4. The van der Waals surface area contributed by atoms with Crippen molar-refractivity contribution in [2.45, 2.75) is 32.6 Å². The number of hydrogen-bond acceptors (Lipinski definition) is 5. The lowest BCUT2D eigenvalue weighted by molar-refractivity contribution is 0.231. The summed E-state index contributed by atoms with van der Waals surface area (Å²) in [4.78, 5) is 12.1. The minimum atomic E-state index is 0.340. The number of rotatable bonds is 3. The standard InChI is InChI=1S/C26H26ClN5O/c1-17-24(19-6-3-7-22(33-2)23(19)27)32-21(8-12-29-32)25(30-17)31-13-9-26(10-14-31)15-18-5-4-11-28-20(18)16-26/h3-8,11-12H,9-10,13-16H2,1-2H3. The lowest BCUT2D eigenvalue weighted by Crippen LogP contribution is -2.41. The fourth-order valence-electron chi connectivity index (χ4n) is 5.63. The highest BCUT2D eigenvalue weighted by molar-refractivity contribution is 6.34. The molecule has 0 amide bonds. The first-order valence-corrected chi connectivity index (χ1v) is 11.8. The average Bonchev–Trinajstić information content (AvgIpc) is 3.44. The molecule has 0 bridgehead atoms. The first-order chi connectivity index (χ1) is 16.1. The van der Waals surface area contributed by atoms with E-state index in [1.807, 2.05) is 48.1 Å². The lowest BCUT2D eigenvalue weighted by Gasteiger charge is -2.40. The number of methoxy groups -OCH3 is 1. The second-order valence-electron chi connectivity index (χ2n) is 9.27. The third-order valence-electron chi connectivity index (χ3n) is 7.35. The van der Waals surface area contributed by atoms with E-state index in [9.17, 15) is 0 Å². The molecule has 1 aliphatic heterocycles. The normalized spacial score (nSPS) is 17.0. The molecule has 0 saturated carbocycles. The highest BCUT2D eigenvalue weighted by Crippen LogP contribution is 2.45. The predicted molar refractivity (Wildman–Crippen MR) is 130 cm³/mol. The predicted octanol–water partition coefficient (Wildman–Crippen LogP) is 5.15. The zero-order valence-electron chi connectivity index (χ0n) is 18.9. The van der Waals surface area contributed by atoms with Gasteiger partial charge in [-0.05, 0) is 61.8 Å². The van der Waals surface area contributed by atoms with E-state index in [-0.39, 0.29) is 0 Å². The SMILES string of the molecule is COc1cccc(-c2c(C)nc(N3CCC4(CC3)Cc3cccnc3C4)c3ccnn23)c1Cl. The summed E-state index contributed by atoms with van der Waals surface area (Å²) in [5.41, 5.74) is 6.72. The fourth-order valence-corrected chi connectivity index (χ4v) is 5.92.